The number of aromatic nitrogens is 1. The second-order valence-electron chi connectivity index (χ2n) is 7.50. The summed E-state index contributed by atoms with van der Waals surface area (Å²) in [5.74, 6) is 0.0995. The Hall–Kier alpha value is -3.53. The standard InChI is InChI=1S/C24H29N3O6S/c1-7-32-22(28)17-12(3)19(25-13(17)4)21-18(23(29)33-8-2)20(26-24(34)27-21)14-9-10-15(30-5)16(11-14)31-6/h9-11,20,25H,7-8H2,1-6H3,(H2,26,27,34). The molecule has 0 radical (unpaired) electrons. The third-order valence-electron chi connectivity index (χ3n) is 5.48. The molecule has 0 aliphatic carbocycles. The zero-order valence-corrected chi connectivity index (χ0v) is 20.9. The predicted octanol–water partition coefficient (Wildman–Crippen LogP) is 3.32. The Morgan fingerprint density at radius 2 is 1.65 bits per heavy atom. The molecule has 1 aliphatic rings. The Kier molecular flexibility index (Phi) is 7.83. The molecule has 34 heavy (non-hydrogen) atoms. The number of rotatable bonds is 8. The molecule has 0 saturated heterocycles. The minimum atomic E-state index is -0.642. The number of carbonyl (C=O) groups is 2. The molecule has 0 bridgehead atoms. The van der Waals surface area contributed by atoms with Gasteiger partial charge in [0.05, 0.1) is 56.0 Å². The van der Waals surface area contributed by atoms with Crippen molar-refractivity contribution in [1.29, 1.82) is 0 Å². The van der Waals surface area contributed by atoms with Gasteiger partial charge in [0.2, 0.25) is 0 Å². The van der Waals surface area contributed by atoms with Gasteiger partial charge in [-0.15, -0.1) is 0 Å². The lowest BCUT2D eigenvalue weighted by Gasteiger charge is -2.31. The van der Waals surface area contributed by atoms with Crippen LogP contribution in [-0.4, -0.2) is 49.5 Å². The molecule has 2 heterocycles. The van der Waals surface area contributed by atoms with Gasteiger partial charge in [-0.2, -0.15) is 0 Å². The molecule has 182 valence electrons. The van der Waals surface area contributed by atoms with Crippen molar-refractivity contribution in [3.05, 3.63) is 51.9 Å². The van der Waals surface area contributed by atoms with Crippen molar-refractivity contribution < 1.29 is 28.5 Å². The van der Waals surface area contributed by atoms with E-state index >= 15 is 0 Å². The number of H-pyrrole nitrogens is 1. The molecule has 1 atom stereocenters. The lowest BCUT2D eigenvalue weighted by Crippen LogP contribution is -2.45. The Bertz CT molecular complexity index is 1150. The van der Waals surface area contributed by atoms with Gasteiger partial charge < -0.3 is 34.6 Å². The molecular formula is C24H29N3O6S. The van der Waals surface area contributed by atoms with E-state index in [1.807, 2.05) is 6.07 Å². The highest BCUT2D eigenvalue weighted by molar-refractivity contribution is 7.80. The van der Waals surface area contributed by atoms with E-state index in [4.69, 9.17) is 31.2 Å². The van der Waals surface area contributed by atoms with E-state index in [0.29, 0.717) is 56.0 Å². The molecule has 9 nitrogen and oxygen atoms in total. The minimum absolute atomic E-state index is 0.190. The third kappa shape index (κ3) is 4.72. The van der Waals surface area contributed by atoms with E-state index in [1.54, 1.807) is 46.9 Å². The fourth-order valence-electron chi connectivity index (χ4n) is 3.98. The van der Waals surface area contributed by atoms with Gasteiger partial charge in [-0.05, 0) is 63.2 Å². The molecule has 3 rings (SSSR count). The molecule has 0 amide bonds. The van der Waals surface area contributed by atoms with Crippen molar-refractivity contribution in [2.75, 3.05) is 27.4 Å². The number of nitrogens with one attached hydrogen (secondary N) is 3. The predicted molar refractivity (Wildman–Crippen MR) is 131 cm³/mol. The first kappa shape index (κ1) is 25.1. The van der Waals surface area contributed by atoms with Gasteiger partial charge in [-0.3, -0.25) is 0 Å². The van der Waals surface area contributed by atoms with Crippen LogP contribution in [0.2, 0.25) is 0 Å². The fourth-order valence-corrected chi connectivity index (χ4v) is 4.20. The average Bonchev–Trinajstić information content (AvgIpc) is 3.11. The van der Waals surface area contributed by atoms with Crippen molar-refractivity contribution in [2.45, 2.75) is 33.7 Å². The van der Waals surface area contributed by atoms with Crippen molar-refractivity contribution in [1.82, 2.24) is 15.6 Å². The van der Waals surface area contributed by atoms with Gasteiger partial charge in [-0.25, -0.2) is 9.59 Å². The maximum absolute atomic E-state index is 13.2. The minimum Gasteiger partial charge on any atom is -0.493 e. The highest BCUT2D eigenvalue weighted by Gasteiger charge is 2.35. The number of ether oxygens (including phenoxy) is 4. The molecule has 0 spiro atoms. The molecule has 3 N–H and O–H groups in total. The van der Waals surface area contributed by atoms with Crippen LogP contribution in [0.5, 0.6) is 11.5 Å². The molecule has 10 heteroatoms. The topological polar surface area (TPSA) is 111 Å². The van der Waals surface area contributed by atoms with Crippen LogP contribution in [0.3, 0.4) is 0 Å². The maximum Gasteiger partial charge on any atom is 0.340 e. The number of aryl methyl sites for hydroxylation is 1. The van der Waals surface area contributed by atoms with Crippen molar-refractivity contribution in [3.63, 3.8) is 0 Å². The van der Waals surface area contributed by atoms with Crippen LogP contribution in [0.25, 0.3) is 5.70 Å². The molecule has 1 aromatic heterocycles. The van der Waals surface area contributed by atoms with Crippen molar-refractivity contribution in [3.8, 4) is 11.5 Å². The van der Waals surface area contributed by atoms with E-state index in [9.17, 15) is 9.59 Å². The van der Waals surface area contributed by atoms with Crippen molar-refractivity contribution in [2.24, 2.45) is 0 Å². The summed E-state index contributed by atoms with van der Waals surface area (Å²) in [7, 11) is 3.09. The van der Waals surface area contributed by atoms with Crippen molar-refractivity contribution >= 4 is 35.0 Å². The van der Waals surface area contributed by atoms with Gasteiger partial charge in [0, 0.05) is 5.69 Å². The zero-order chi connectivity index (χ0) is 25.0. The number of aromatic amines is 1. The SMILES string of the molecule is CCOC(=O)C1=C(c2[nH]c(C)c(C(=O)OCC)c2C)NC(=S)NC1c1ccc(OC)c(OC)c1. The van der Waals surface area contributed by atoms with E-state index in [-0.39, 0.29) is 13.2 Å². The molecule has 0 fully saturated rings. The van der Waals surface area contributed by atoms with E-state index in [0.717, 1.165) is 0 Å². The summed E-state index contributed by atoms with van der Waals surface area (Å²) in [6, 6.07) is 4.71. The number of hydrogen-bond donors (Lipinski definition) is 3. The quantitative estimate of drug-likeness (QED) is 0.381. The summed E-state index contributed by atoms with van der Waals surface area (Å²) in [6.07, 6.45) is 0. The third-order valence-corrected chi connectivity index (χ3v) is 5.70. The Morgan fingerprint density at radius 3 is 2.26 bits per heavy atom. The number of carbonyl (C=O) groups excluding carboxylic acids is 2. The van der Waals surface area contributed by atoms with E-state index in [1.165, 1.54) is 7.11 Å². The smallest absolute Gasteiger partial charge is 0.340 e. The Labute approximate surface area is 203 Å². The molecule has 1 unspecified atom stereocenters. The second-order valence-corrected chi connectivity index (χ2v) is 7.91. The molecule has 1 aliphatic heterocycles. The maximum atomic E-state index is 13.2. The fraction of sp³-hybridized carbons (Fsp3) is 0.375. The van der Waals surface area contributed by atoms with Crippen LogP contribution < -0.4 is 20.1 Å². The number of thiocarbonyl (C=S) groups is 1. The van der Waals surface area contributed by atoms with Crippen LogP contribution in [-0.2, 0) is 14.3 Å². The number of benzene rings is 1. The summed E-state index contributed by atoms with van der Waals surface area (Å²) in [5, 5.41) is 6.55. The van der Waals surface area contributed by atoms with Crippen LogP contribution >= 0.6 is 12.2 Å². The lowest BCUT2D eigenvalue weighted by atomic mass is 9.93. The first-order valence-electron chi connectivity index (χ1n) is 10.8. The van der Waals surface area contributed by atoms with Gasteiger partial charge in [-0.1, -0.05) is 6.07 Å². The van der Waals surface area contributed by atoms with Gasteiger partial charge in [0.1, 0.15) is 0 Å². The first-order chi connectivity index (χ1) is 16.3. The summed E-state index contributed by atoms with van der Waals surface area (Å²) < 4.78 is 21.4. The van der Waals surface area contributed by atoms with E-state index < -0.39 is 18.0 Å². The summed E-state index contributed by atoms with van der Waals surface area (Å²) in [5.41, 5.74) is 3.68. The molecule has 1 aromatic carbocycles. The van der Waals surface area contributed by atoms with Gasteiger partial charge in [0.15, 0.2) is 16.6 Å². The number of methoxy groups -OCH3 is 2. The van der Waals surface area contributed by atoms with Crippen LogP contribution in [0.15, 0.2) is 23.8 Å². The molecule has 0 saturated carbocycles. The van der Waals surface area contributed by atoms with Crippen LogP contribution in [0, 0.1) is 13.8 Å². The lowest BCUT2D eigenvalue weighted by molar-refractivity contribution is -0.138. The van der Waals surface area contributed by atoms with Crippen LogP contribution in [0.1, 0.15) is 52.8 Å². The first-order valence-corrected chi connectivity index (χ1v) is 11.2. The Morgan fingerprint density at radius 1 is 1.00 bits per heavy atom. The Balaban J connectivity index is 2.24. The van der Waals surface area contributed by atoms with Crippen LogP contribution in [0.4, 0.5) is 0 Å². The molecular weight excluding hydrogens is 458 g/mol. The zero-order valence-electron chi connectivity index (χ0n) is 20.1. The normalized spacial score (nSPS) is 15.4. The number of hydrogen-bond acceptors (Lipinski definition) is 7. The molecule has 2 aromatic rings. The summed E-state index contributed by atoms with van der Waals surface area (Å²) >= 11 is 5.48. The average molecular weight is 488 g/mol. The highest BCUT2D eigenvalue weighted by atomic mass is 32.1. The summed E-state index contributed by atoms with van der Waals surface area (Å²) in [4.78, 5) is 29.0. The second kappa shape index (κ2) is 10.6. The monoisotopic (exact) mass is 487 g/mol. The number of esters is 2. The highest BCUT2D eigenvalue weighted by Crippen LogP contribution is 2.37. The summed E-state index contributed by atoms with van der Waals surface area (Å²) in [6.45, 7) is 7.49. The van der Waals surface area contributed by atoms with E-state index in [2.05, 4.69) is 15.6 Å². The largest absolute Gasteiger partial charge is 0.493 e. The van der Waals surface area contributed by atoms with Gasteiger partial charge >= 0.3 is 11.9 Å². The van der Waals surface area contributed by atoms with Gasteiger partial charge in [0.25, 0.3) is 0 Å².